The van der Waals surface area contributed by atoms with Crippen LogP contribution < -0.4 is 10.6 Å². The highest BCUT2D eigenvalue weighted by Gasteiger charge is 2.40. The maximum atomic E-state index is 12.9. The van der Waals surface area contributed by atoms with Gasteiger partial charge in [-0.2, -0.15) is 4.98 Å². The maximum Gasteiger partial charge on any atom is 0.346 e. The molecule has 0 atom stereocenters. The Morgan fingerprint density at radius 1 is 0.792 bits per heavy atom. The van der Waals surface area contributed by atoms with Crippen molar-refractivity contribution >= 4 is 17.5 Å². The van der Waals surface area contributed by atoms with Gasteiger partial charge >= 0.3 is 5.69 Å². The van der Waals surface area contributed by atoms with Crippen LogP contribution in [0.2, 0.25) is 0 Å². The molecule has 1 N–H and O–H groups in total. The Balaban J connectivity index is 1.95. The first-order chi connectivity index (χ1) is 11.7. The smallest absolute Gasteiger partial charge is 0.300 e. The second-order valence-corrected chi connectivity index (χ2v) is 5.29. The van der Waals surface area contributed by atoms with Crippen LogP contribution in [0.15, 0.2) is 65.5 Å². The molecule has 0 radical (unpaired) electrons. The molecular formula is C18H11N3O3. The molecule has 0 fully saturated rings. The molecule has 0 aliphatic carbocycles. The number of aromatic nitrogens is 2. The minimum atomic E-state index is -0.663. The summed E-state index contributed by atoms with van der Waals surface area (Å²) < 4.78 is 0. The monoisotopic (exact) mass is 317 g/mol. The van der Waals surface area contributed by atoms with E-state index in [-0.39, 0.29) is 17.0 Å². The number of aromatic amines is 1. The second-order valence-electron chi connectivity index (χ2n) is 5.29. The third-order valence-electron chi connectivity index (χ3n) is 3.83. The zero-order valence-electron chi connectivity index (χ0n) is 12.4. The molecule has 1 aliphatic rings. The van der Waals surface area contributed by atoms with E-state index in [1.165, 1.54) is 0 Å². The summed E-state index contributed by atoms with van der Waals surface area (Å²) in [7, 11) is 0. The summed E-state index contributed by atoms with van der Waals surface area (Å²) in [4.78, 5) is 44.7. The second kappa shape index (κ2) is 5.27. The van der Waals surface area contributed by atoms with E-state index in [9.17, 15) is 14.4 Å². The number of imide groups is 1. The zero-order valence-corrected chi connectivity index (χ0v) is 12.4. The third kappa shape index (κ3) is 2.04. The Kier molecular flexibility index (Phi) is 3.09. The van der Waals surface area contributed by atoms with Crippen molar-refractivity contribution in [2.75, 3.05) is 4.90 Å². The largest absolute Gasteiger partial charge is 0.346 e. The zero-order chi connectivity index (χ0) is 16.7. The number of para-hydroxylation sites is 1. The molecule has 0 spiro atoms. The van der Waals surface area contributed by atoms with Gasteiger partial charge in [0, 0.05) is 5.56 Å². The molecule has 24 heavy (non-hydrogen) atoms. The molecule has 0 bridgehead atoms. The van der Waals surface area contributed by atoms with Gasteiger partial charge in [-0.05, 0) is 12.1 Å². The number of hydrogen-bond acceptors (Lipinski definition) is 4. The van der Waals surface area contributed by atoms with Crippen LogP contribution in [0.4, 0.5) is 5.69 Å². The van der Waals surface area contributed by atoms with Crippen molar-refractivity contribution in [1.82, 2.24) is 9.97 Å². The lowest BCUT2D eigenvalue weighted by atomic mass is 10.1. The van der Waals surface area contributed by atoms with E-state index in [1.807, 2.05) is 6.07 Å². The number of amides is 2. The highest BCUT2D eigenvalue weighted by molar-refractivity contribution is 6.35. The highest BCUT2D eigenvalue weighted by Crippen LogP contribution is 2.31. The number of nitrogens with zero attached hydrogens (tertiary/aromatic N) is 2. The van der Waals surface area contributed by atoms with Crippen molar-refractivity contribution in [2.45, 2.75) is 0 Å². The molecule has 1 aliphatic heterocycles. The van der Waals surface area contributed by atoms with Crippen LogP contribution in [-0.2, 0) is 0 Å². The molecular weight excluding hydrogens is 306 g/mol. The number of H-pyrrole nitrogens is 1. The Morgan fingerprint density at radius 3 is 2.08 bits per heavy atom. The van der Waals surface area contributed by atoms with E-state index in [4.69, 9.17) is 0 Å². The van der Waals surface area contributed by atoms with Crippen molar-refractivity contribution in [2.24, 2.45) is 0 Å². The van der Waals surface area contributed by atoms with E-state index >= 15 is 0 Å². The van der Waals surface area contributed by atoms with Gasteiger partial charge in [-0.25, -0.2) is 9.69 Å². The molecule has 6 heteroatoms. The number of anilines is 1. The van der Waals surface area contributed by atoms with Gasteiger partial charge in [0.25, 0.3) is 11.8 Å². The molecule has 116 valence electrons. The lowest BCUT2D eigenvalue weighted by molar-refractivity contribution is 0.0925. The van der Waals surface area contributed by atoms with Crippen molar-refractivity contribution in [3.8, 4) is 11.3 Å². The van der Waals surface area contributed by atoms with E-state index in [1.54, 1.807) is 54.6 Å². The Hall–Kier alpha value is -3.54. The summed E-state index contributed by atoms with van der Waals surface area (Å²) in [6, 6.07) is 17.4. The summed E-state index contributed by atoms with van der Waals surface area (Å²) in [6.07, 6.45) is 0. The van der Waals surface area contributed by atoms with E-state index in [2.05, 4.69) is 9.97 Å². The first-order valence-corrected chi connectivity index (χ1v) is 7.30. The van der Waals surface area contributed by atoms with Crippen molar-refractivity contribution in [1.29, 1.82) is 0 Å². The van der Waals surface area contributed by atoms with E-state index in [0.717, 1.165) is 4.90 Å². The number of hydrogen-bond donors (Lipinski definition) is 1. The normalized spacial score (nSPS) is 13.2. The summed E-state index contributed by atoms with van der Waals surface area (Å²) in [5, 5.41) is 0. The third-order valence-corrected chi connectivity index (χ3v) is 3.83. The topological polar surface area (TPSA) is 83.1 Å². The predicted molar refractivity (Wildman–Crippen MR) is 87.9 cm³/mol. The first-order valence-electron chi connectivity index (χ1n) is 7.30. The van der Waals surface area contributed by atoms with Crippen LogP contribution in [-0.4, -0.2) is 21.8 Å². The average Bonchev–Trinajstić information content (AvgIpc) is 2.86. The van der Waals surface area contributed by atoms with Gasteiger partial charge in [-0.3, -0.25) is 9.59 Å². The van der Waals surface area contributed by atoms with Crippen molar-refractivity contribution in [3.05, 3.63) is 82.4 Å². The number of carbonyl (C=O) groups is 2. The van der Waals surface area contributed by atoms with Gasteiger partial charge in [0.2, 0.25) is 0 Å². The lowest BCUT2D eigenvalue weighted by Gasteiger charge is -2.13. The summed E-state index contributed by atoms with van der Waals surface area (Å²) in [5.74, 6) is -1.05. The number of benzene rings is 2. The quantitative estimate of drug-likeness (QED) is 0.735. The summed E-state index contributed by atoms with van der Waals surface area (Å²) in [6.45, 7) is 0. The van der Waals surface area contributed by atoms with Gasteiger partial charge < -0.3 is 4.98 Å². The number of nitrogens with one attached hydrogen (secondary N) is 1. The van der Waals surface area contributed by atoms with Crippen LogP contribution in [0.3, 0.4) is 0 Å². The Bertz CT molecular complexity index is 1010. The number of rotatable bonds is 2. The molecule has 2 aromatic carbocycles. The molecule has 0 saturated heterocycles. The van der Waals surface area contributed by atoms with Crippen LogP contribution in [0.1, 0.15) is 20.8 Å². The van der Waals surface area contributed by atoms with E-state index < -0.39 is 17.5 Å². The highest BCUT2D eigenvalue weighted by atomic mass is 16.2. The molecule has 2 heterocycles. The molecule has 3 aromatic rings. The molecule has 0 saturated carbocycles. The fourth-order valence-corrected chi connectivity index (χ4v) is 2.77. The summed E-state index contributed by atoms with van der Waals surface area (Å²) in [5.41, 5.74) is 0.701. The summed E-state index contributed by atoms with van der Waals surface area (Å²) >= 11 is 0. The SMILES string of the molecule is O=C1c2[nH]c(=O)nc(-c3ccccc3)c2C(=O)N1c1ccccc1. The van der Waals surface area contributed by atoms with Gasteiger partial charge in [0.05, 0.1) is 16.9 Å². The minimum absolute atomic E-state index is 0.0253. The fraction of sp³-hybridized carbons (Fsp3) is 0. The minimum Gasteiger partial charge on any atom is -0.300 e. The molecule has 4 rings (SSSR count). The van der Waals surface area contributed by atoms with Gasteiger partial charge in [0.1, 0.15) is 5.69 Å². The predicted octanol–water partition coefficient (Wildman–Crippen LogP) is 2.24. The van der Waals surface area contributed by atoms with Gasteiger partial charge in [-0.15, -0.1) is 0 Å². The van der Waals surface area contributed by atoms with E-state index in [0.29, 0.717) is 11.3 Å². The Labute approximate surface area is 136 Å². The first kappa shape index (κ1) is 14.1. The number of carbonyl (C=O) groups excluding carboxylic acids is 2. The molecule has 2 amide bonds. The van der Waals surface area contributed by atoms with Gasteiger partial charge in [-0.1, -0.05) is 48.5 Å². The van der Waals surface area contributed by atoms with Crippen LogP contribution in [0.5, 0.6) is 0 Å². The average molecular weight is 317 g/mol. The van der Waals surface area contributed by atoms with Gasteiger partial charge in [0.15, 0.2) is 0 Å². The standard InChI is InChI=1S/C18H11N3O3/c22-16-13-14(11-7-3-1-4-8-11)19-18(24)20-15(13)17(23)21(16)12-9-5-2-6-10-12/h1-10H,(H,19,20,24). The number of fused-ring (bicyclic) bond motifs is 1. The molecule has 1 aromatic heterocycles. The van der Waals surface area contributed by atoms with Crippen LogP contribution >= 0.6 is 0 Å². The maximum absolute atomic E-state index is 12.9. The van der Waals surface area contributed by atoms with Crippen molar-refractivity contribution in [3.63, 3.8) is 0 Å². The van der Waals surface area contributed by atoms with Crippen molar-refractivity contribution < 1.29 is 9.59 Å². The van der Waals surface area contributed by atoms with Crippen LogP contribution in [0.25, 0.3) is 11.3 Å². The fourth-order valence-electron chi connectivity index (χ4n) is 2.77. The van der Waals surface area contributed by atoms with Crippen LogP contribution in [0, 0.1) is 0 Å². The molecule has 6 nitrogen and oxygen atoms in total. The Morgan fingerprint density at radius 2 is 1.42 bits per heavy atom. The molecule has 0 unspecified atom stereocenters. The lowest BCUT2D eigenvalue weighted by Crippen LogP contribution is -2.29.